The van der Waals surface area contributed by atoms with Crippen molar-refractivity contribution in [1.82, 2.24) is 5.32 Å². The van der Waals surface area contributed by atoms with E-state index in [4.69, 9.17) is 0 Å². The number of carbonyl (C=O) groups is 1. The molecule has 4 heteroatoms. The highest BCUT2D eigenvalue weighted by Crippen LogP contribution is 2.48. The first-order chi connectivity index (χ1) is 9.33. The highest BCUT2D eigenvalue weighted by Gasteiger charge is 2.50. The minimum absolute atomic E-state index is 0.173. The second-order valence-corrected chi connectivity index (χ2v) is 7.72. The Kier molecular flexibility index (Phi) is 3.22. The Morgan fingerprint density at radius 2 is 2.00 bits per heavy atom. The predicted molar refractivity (Wildman–Crippen MR) is 85.0 cm³/mol. The van der Waals surface area contributed by atoms with Gasteiger partial charge in [-0.2, -0.15) is 0 Å². The summed E-state index contributed by atoms with van der Waals surface area (Å²) in [6.45, 7) is 7.82. The fourth-order valence-electron chi connectivity index (χ4n) is 2.91. The average molecular weight is 337 g/mol. The Hall–Kier alpha value is -0.870. The highest BCUT2D eigenvalue weighted by molar-refractivity contribution is 9.10. The summed E-state index contributed by atoms with van der Waals surface area (Å²) in [5, 5.41) is 3.45. The second kappa shape index (κ2) is 4.57. The maximum absolute atomic E-state index is 12.9. The average Bonchev–Trinajstić information content (AvgIpc) is 3.14. The van der Waals surface area contributed by atoms with Crippen LogP contribution < -0.4 is 10.2 Å². The number of carbonyl (C=O) groups excluding carboxylic acids is 1. The number of aryl methyl sites for hydroxylation is 1. The van der Waals surface area contributed by atoms with Crippen molar-refractivity contribution in [2.24, 2.45) is 5.41 Å². The third-order valence-corrected chi connectivity index (χ3v) is 5.08. The molecule has 20 heavy (non-hydrogen) atoms. The van der Waals surface area contributed by atoms with Crippen molar-refractivity contribution in [2.75, 3.05) is 18.0 Å². The van der Waals surface area contributed by atoms with Gasteiger partial charge in [0, 0.05) is 28.7 Å². The fourth-order valence-corrected chi connectivity index (χ4v) is 3.39. The summed E-state index contributed by atoms with van der Waals surface area (Å²) in [6, 6.07) is 6.14. The molecule has 0 unspecified atom stereocenters. The Bertz CT molecular complexity index is 564. The van der Waals surface area contributed by atoms with Crippen LogP contribution in [0.2, 0.25) is 0 Å². The maximum Gasteiger partial charge on any atom is 0.246 e. The first kappa shape index (κ1) is 14.1. The van der Waals surface area contributed by atoms with Crippen LogP contribution in [0.25, 0.3) is 0 Å². The minimum atomic E-state index is -0.494. The van der Waals surface area contributed by atoms with Gasteiger partial charge < -0.3 is 10.2 Å². The standard InChI is InChI=1S/C16H21BrN2O/c1-11-8-12(17)4-5-13(11)19-10-16(6-7-16)9-18-15(2,3)14(19)20/h4-5,8,18H,6-7,9-10H2,1-3H3. The normalized spacial score (nSPS) is 23.8. The highest BCUT2D eigenvalue weighted by atomic mass is 79.9. The Morgan fingerprint density at radius 1 is 1.30 bits per heavy atom. The number of hydrogen-bond acceptors (Lipinski definition) is 2. The minimum Gasteiger partial charge on any atom is -0.310 e. The van der Waals surface area contributed by atoms with Crippen LogP contribution in [0, 0.1) is 12.3 Å². The smallest absolute Gasteiger partial charge is 0.246 e. The van der Waals surface area contributed by atoms with E-state index in [-0.39, 0.29) is 5.91 Å². The molecule has 1 aromatic carbocycles. The number of halogens is 1. The molecule has 0 aromatic heterocycles. The van der Waals surface area contributed by atoms with Gasteiger partial charge in [0.15, 0.2) is 0 Å². The number of benzene rings is 1. The van der Waals surface area contributed by atoms with E-state index in [2.05, 4.69) is 40.3 Å². The van der Waals surface area contributed by atoms with Crippen molar-refractivity contribution >= 4 is 27.5 Å². The van der Waals surface area contributed by atoms with Gasteiger partial charge in [-0.3, -0.25) is 4.79 Å². The lowest BCUT2D eigenvalue weighted by molar-refractivity contribution is -0.123. The second-order valence-electron chi connectivity index (χ2n) is 6.80. The molecule has 108 valence electrons. The van der Waals surface area contributed by atoms with Gasteiger partial charge in [-0.25, -0.2) is 0 Å². The van der Waals surface area contributed by atoms with Crippen LogP contribution in [0.4, 0.5) is 5.69 Å². The molecule has 1 aromatic rings. The van der Waals surface area contributed by atoms with Crippen LogP contribution in [0.1, 0.15) is 32.3 Å². The molecule has 2 fully saturated rings. The van der Waals surface area contributed by atoms with E-state index in [1.54, 1.807) is 0 Å². The molecule has 1 saturated heterocycles. The van der Waals surface area contributed by atoms with Gasteiger partial charge in [-0.15, -0.1) is 0 Å². The largest absolute Gasteiger partial charge is 0.310 e. The zero-order valence-electron chi connectivity index (χ0n) is 12.3. The van der Waals surface area contributed by atoms with Gasteiger partial charge >= 0.3 is 0 Å². The molecule has 2 aliphatic rings. The number of anilines is 1. The molecule has 3 nitrogen and oxygen atoms in total. The molecule has 0 atom stereocenters. The molecule has 3 rings (SSSR count). The van der Waals surface area contributed by atoms with E-state index >= 15 is 0 Å². The van der Waals surface area contributed by atoms with Crippen molar-refractivity contribution in [3.05, 3.63) is 28.2 Å². The van der Waals surface area contributed by atoms with E-state index in [9.17, 15) is 4.79 Å². The lowest BCUT2D eigenvalue weighted by Crippen LogP contribution is -2.52. The summed E-state index contributed by atoms with van der Waals surface area (Å²) in [5.74, 6) is 0.173. The van der Waals surface area contributed by atoms with Crippen molar-refractivity contribution in [3.63, 3.8) is 0 Å². The van der Waals surface area contributed by atoms with E-state index < -0.39 is 5.54 Å². The van der Waals surface area contributed by atoms with Gasteiger partial charge in [0.25, 0.3) is 0 Å². The van der Waals surface area contributed by atoms with Crippen LogP contribution >= 0.6 is 15.9 Å². The van der Waals surface area contributed by atoms with Gasteiger partial charge in [-0.05, 0) is 57.4 Å². The first-order valence-electron chi connectivity index (χ1n) is 7.16. The number of hydrogen-bond donors (Lipinski definition) is 1. The predicted octanol–water partition coefficient (Wildman–Crippen LogP) is 3.25. The zero-order valence-corrected chi connectivity index (χ0v) is 13.9. The Morgan fingerprint density at radius 3 is 2.60 bits per heavy atom. The first-order valence-corrected chi connectivity index (χ1v) is 7.96. The molecular weight excluding hydrogens is 316 g/mol. The monoisotopic (exact) mass is 336 g/mol. The number of rotatable bonds is 1. The van der Waals surface area contributed by atoms with Crippen molar-refractivity contribution < 1.29 is 4.79 Å². The molecular formula is C16H21BrN2O. The van der Waals surface area contributed by atoms with Crippen LogP contribution in [-0.4, -0.2) is 24.5 Å². The Balaban J connectivity index is 2.02. The summed E-state index contributed by atoms with van der Waals surface area (Å²) in [7, 11) is 0. The molecule has 1 spiro atoms. The van der Waals surface area contributed by atoms with E-state index in [1.807, 2.05) is 24.8 Å². The molecule has 1 saturated carbocycles. The Labute approximate surface area is 128 Å². The van der Waals surface area contributed by atoms with Crippen LogP contribution in [0.5, 0.6) is 0 Å². The molecule has 1 heterocycles. The van der Waals surface area contributed by atoms with Crippen LogP contribution in [0.3, 0.4) is 0 Å². The van der Waals surface area contributed by atoms with Crippen LogP contribution in [0.15, 0.2) is 22.7 Å². The quantitative estimate of drug-likeness (QED) is 0.853. The van der Waals surface area contributed by atoms with Crippen LogP contribution in [-0.2, 0) is 4.79 Å². The number of amides is 1. The summed E-state index contributed by atoms with van der Waals surface area (Å²) < 4.78 is 1.06. The molecule has 1 aliphatic carbocycles. The molecule has 1 amide bonds. The summed E-state index contributed by atoms with van der Waals surface area (Å²) in [5.41, 5.74) is 1.98. The lowest BCUT2D eigenvalue weighted by atomic mass is 10.0. The molecule has 0 radical (unpaired) electrons. The number of nitrogens with zero attached hydrogens (tertiary/aromatic N) is 1. The van der Waals surface area contributed by atoms with Gasteiger partial charge in [0.2, 0.25) is 5.91 Å². The van der Waals surface area contributed by atoms with Gasteiger partial charge in [0.1, 0.15) is 0 Å². The van der Waals surface area contributed by atoms with Crippen molar-refractivity contribution in [1.29, 1.82) is 0 Å². The topological polar surface area (TPSA) is 32.3 Å². The summed E-state index contributed by atoms with van der Waals surface area (Å²) in [6.07, 6.45) is 2.44. The van der Waals surface area contributed by atoms with E-state index in [0.29, 0.717) is 5.41 Å². The van der Waals surface area contributed by atoms with Crippen molar-refractivity contribution in [2.45, 2.75) is 39.2 Å². The van der Waals surface area contributed by atoms with E-state index in [0.717, 1.165) is 28.8 Å². The SMILES string of the molecule is Cc1cc(Br)ccc1N1CC2(CC2)CNC(C)(C)C1=O. The lowest BCUT2D eigenvalue weighted by Gasteiger charge is -2.30. The molecule has 0 bridgehead atoms. The third kappa shape index (κ3) is 2.40. The van der Waals surface area contributed by atoms with Gasteiger partial charge in [-0.1, -0.05) is 15.9 Å². The fraction of sp³-hybridized carbons (Fsp3) is 0.562. The van der Waals surface area contributed by atoms with Crippen molar-refractivity contribution in [3.8, 4) is 0 Å². The van der Waals surface area contributed by atoms with Gasteiger partial charge in [0.05, 0.1) is 5.54 Å². The maximum atomic E-state index is 12.9. The zero-order chi connectivity index (χ0) is 14.5. The third-order valence-electron chi connectivity index (χ3n) is 4.59. The molecule has 1 N–H and O–H groups in total. The summed E-state index contributed by atoms with van der Waals surface area (Å²) >= 11 is 3.49. The molecule has 1 aliphatic heterocycles. The number of nitrogens with one attached hydrogen (secondary N) is 1. The summed E-state index contributed by atoms with van der Waals surface area (Å²) in [4.78, 5) is 14.9. The van der Waals surface area contributed by atoms with E-state index in [1.165, 1.54) is 12.8 Å².